The number of para-hydroxylation sites is 1. The third-order valence-electron chi connectivity index (χ3n) is 1.53. The topological polar surface area (TPSA) is 26.3 Å². The summed E-state index contributed by atoms with van der Waals surface area (Å²) in [5.41, 5.74) is 0. The van der Waals surface area contributed by atoms with E-state index < -0.39 is 0 Å². The molecule has 0 unspecified atom stereocenters. The quantitative estimate of drug-likeness (QED) is 0.434. The zero-order chi connectivity index (χ0) is 10.4. The highest BCUT2D eigenvalue weighted by Crippen LogP contribution is 2.23. The van der Waals surface area contributed by atoms with E-state index >= 15 is 0 Å². The Morgan fingerprint density at radius 2 is 2.21 bits per heavy atom. The lowest BCUT2D eigenvalue weighted by molar-refractivity contribution is -0.134. The van der Waals surface area contributed by atoms with Gasteiger partial charge in [0.05, 0.1) is 11.4 Å². The van der Waals surface area contributed by atoms with Crippen LogP contribution in [0.15, 0.2) is 24.3 Å². The first-order chi connectivity index (χ1) is 6.74. The molecule has 0 fully saturated rings. The zero-order valence-electron chi connectivity index (χ0n) is 7.50. The van der Waals surface area contributed by atoms with Crippen LogP contribution in [0.3, 0.4) is 0 Å². The SMILES string of the molecule is C#CCCC(=O)Oc1ccccc1Cl. The average molecular weight is 209 g/mol. The Morgan fingerprint density at radius 3 is 2.86 bits per heavy atom. The number of carbonyl (C=O) groups excluding carboxylic acids is 1. The lowest BCUT2D eigenvalue weighted by Gasteiger charge is -2.03. The molecule has 0 aliphatic rings. The van der Waals surface area contributed by atoms with Gasteiger partial charge in [-0.3, -0.25) is 4.79 Å². The van der Waals surface area contributed by atoms with Crippen LogP contribution >= 0.6 is 11.6 Å². The van der Waals surface area contributed by atoms with Crippen molar-refractivity contribution in [3.05, 3.63) is 29.3 Å². The summed E-state index contributed by atoms with van der Waals surface area (Å²) < 4.78 is 4.98. The lowest BCUT2D eigenvalue weighted by atomic mass is 10.3. The molecule has 0 aliphatic heterocycles. The summed E-state index contributed by atoms with van der Waals surface area (Å²) in [5.74, 6) is 2.37. The van der Waals surface area contributed by atoms with E-state index in [0.29, 0.717) is 17.2 Å². The molecule has 14 heavy (non-hydrogen) atoms. The summed E-state index contributed by atoms with van der Waals surface area (Å²) in [6.07, 6.45) is 5.60. The maximum atomic E-state index is 11.1. The first-order valence-electron chi connectivity index (χ1n) is 4.12. The van der Waals surface area contributed by atoms with Crippen LogP contribution in [0.5, 0.6) is 5.75 Å². The first kappa shape index (κ1) is 10.6. The van der Waals surface area contributed by atoms with Crippen LogP contribution in [0.1, 0.15) is 12.8 Å². The molecule has 2 nitrogen and oxygen atoms in total. The van der Waals surface area contributed by atoms with E-state index in [9.17, 15) is 4.79 Å². The number of ether oxygens (including phenoxy) is 1. The molecule has 0 spiro atoms. The Labute approximate surface area is 87.8 Å². The summed E-state index contributed by atoms with van der Waals surface area (Å²) in [5, 5.41) is 0.418. The fourth-order valence-corrected chi connectivity index (χ4v) is 1.05. The second-order valence-corrected chi connectivity index (χ2v) is 3.02. The largest absolute Gasteiger partial charge is 0.425 e. The number of rotatable bonds is 3. The molecule has 0 saturated carbocycles. The van der Waals surface area contributed by atoms with Gasteiger partial charge in [-0.2, -0.15) is 0 Å². The van der Waals surface area contributed by atoms with Crippen molar-refractivity contribution in [1.82, 2.24) is 0 Å². The van der Waals surface area contributed by atoms with E-state index in [1.807, 2.05) is 0 Å². The molecule has 0 aliphatic carbocycles. The van der Waals surface area contributed by atoms with Crippen molar-refractivity contribution in [3.63, 3.8) is 0 Å². The maximum absolute atomic E-state index is 11.1. The van der Waals surface area contributed by atoms with Crippen LogP contribution < -0.4 is 4.74 Å². The molecule has 0 bridgehead atoms. The van der Waals surface area contributed by atoms with Crippen LogP contribution in [0.2, 0.25) is 5.02 Å². The average Bonchev–Trinajstić information content (AvgIpc) is 2.18. The van der Waals surface area contributed by atoms with Gasteiger partial charge in [-0.05, 0) is 12.1 Å². The van der Waals surface area contributed by atoms with Gasteiger partial charge >= 0.3 is 5.97 Å². The molecule has 1 rings (SSSR count). The van der Waals surface area contributed by atoms with Crippen LogP contribution in [0, 0.1) is 12.3 Å². The Bertz CT molecular complexity index is 366. The molecule has 0 atom stereocenters. The predicted octanol–water partition coefficient (Wildman–Crippen LogP) is 2.66. The van der Waals surface area contributed by atoms with Crippen molar-refractivity contribution in [2.45, 2.75) is 12.8 Å². The molecule has 1 aromatic carbocycles. The Morgan fingerprint density at radius 1 is 1.50 bits per heavy atom. The Kier molecular flexibility index (Phi) is 4.03. The van der Waals surface area contributed by atoms with E-state index in [0.717, 1.165) is 0 Å². The number of esters is 1. The van der Waals surface area contributed by atoms with Gasteiger partial charge in [0, 0.05) is 6.42 Å². The van der Waals surface area contributed by atoms with E-state index in [4.69, 9.17) is 22.8 Å². The second-order valence-electron chi connectivity index (χ2n) is 2.61. The summed E-state index contributed by atoms with van der Waals surface area (Å²) in [7, 11) is 0. The van der Waals surface area contributed by atoms with Crippen molar-refractivity contribution in [3.8, 4) is 18.1 Å². The predicted molar refractivity (Wildman–Crippen MR) is 55.2 cm³/mol. The molecule has 0 radical (unpaired) electrons. The minimum atomic E-state index is -0.365. The molecule has 3 heteroatoms. The van der Waals surface area contributed by atoms with E-state index in [1.165, 1.54) is 0 Å². The molecule has 0 amide bonds. The van der Waals surface area contributed by atoms with Gasteiger partial charge in [0.15, 0.2) is 0 Å². The number of halogens is 1. The number of hydrogen-bond donors (Lipinski definition) is 0. The third kappa shape index (κ3) is 3.12. The molecule has 0 heterocycles. The van der Waals surface area contributed by atoms with Gasteiger partial charge in [0.2, 0.25) is 0 Å². The van der Waals surface area contributed by atoms with E-state index in [-0.39, 0.29) is 12.4 Å². The van der Waals surface area contributed by atoms with Gasteiger partial charge < -0.3 is 4.74 Å². The highest BCUT2D eigenvalue weighted by Gasteiger charge is 2.06. The van der Waals surface area contributed by atoms with Crippen LogP contribution in [-0.4, -0.2) is 5.97 Å². The minimum absolute atomic E-state index is 0.210. The highest BCUT2D eigenvalue weighted by molar-refractivity contribution is 6.32. The molecular formula is C11H9ClO2. The zero-order valence-corrected chi connectivity index (χ0v) is 8.25. The second kappa shape index (κ2) is 5.31. The van der Waals surface area contributed by atoms with Crippen molar-refractivity contribution < 1.29 is 9.53 Å². The summed E-state index contributed by atoms with van der Waals surface area (Å²) in [6.45, 7) is 0. The molecule has 72 valence electrons. The third-order valence-corrected chi connectivity index (χ3v) is 1.85. The fourth-order valence-electron chi connectivity index (χ4n) is 0.875. The minimum Gasteiger partial charge on any atom is -0.425 e. The van der Waals surface area contributed by atoms with Crippen molar-refractivity contribution in [2.24, 2.45) is 0 Å². The van der Waals surface area contributed by atoms with Gasteiger partial charge in [0.1, 0.15) is 5.75 Å². The summed E-state index contributed by atoms with van der Waals surface area (Å²) in [6, 6.07) is 6.80. The first-order valence-corrected chi connectivity index (χ1v) is 4.50. The smallest absolute Gasteiger partial charge is 0.312 e. The summed E-state index contributed by atoms with van der Waals surface area (Å²) >= 11 is 5.78. The number of carbonyl (C=O) groups is 1. The molecule has 0 saturated heterocycles. The van der Waals surface area contributed by atoms with Gasteiger partial charge in [-0.1, -0.05) is 23.7 Å². The van der Waals surface area contributed by atoms with Crippen LogP contribution in [0.4, 0.5) is 0 Å². The van der Waals surface area contributed by atoms with Crippen molar-refractivity contribution >= 4 is 17.6 Å². The highest BCUT2D eigenvalue weighted by atomic mass is 35.5. The van der Waals surface area contributed by atoms with Crippen LogP contribution in [0.25, 0.3) is 0 Å². The Balaban J connectivity index is 2.57. The van der Waals surface area contributed by atoms with Crippen molar-refractivity contribution in [2.75, 3.05) is 0 Å². The molecule has 0 aromatic heterocycles. The number of benzene rings is 1. The van der Waals surface area contributed by atoms with Gasteiger partial charge in [-0.15, -0.1) is 12.3 Å². The normalized spacial score (nSPS) is 9.14. The standard InChI is InChI=1S/C11H9ClO2/c1-2-3-8-11(13)14-10-7-5-4-6-9(10)12/h1,4-7H,3,8H2. The van der Waals surface area contributed by atoms with E-state index in [2.05, 4.69) is 5.92 Å². The monoisotopic (exact) mass is 208 g/mol. The van der Waals surface area contributed by atoms with Gasteiger partial charge in [-0.25, -0.2) is 0 Å². The molecular weight excluding hydrogens is 200 g/mol. The summed E-state index contributed by atoms with van der Waals surface area (Å²) in [4.78, 5) is 11.1. The van der Waals surface area contributed by atoms with E-state index in [1.54, 1.807) is 24.3 Å². The maximum Gasteiger partial charge on any atom is 0.312 e. The fraction of sp³-hybridized carbons (Fsp3) is 0.182. The molecule has 0 N–H and O–H groups in total. The number of hydrogen-bond acceptors (Lipinski definition) is 2. The van der Waals surface area contributed by atoms with Crippen LogP contribution in [-0.2, 0) is 4.79 Å². The van der Waals surface area contributed by atoms with Gasteiger partial charge in [0.25, 0.3) is 0 Å². The number of terminal acetylenes is 1. The molecule has 1 aromatic rings. The van der Waals surface area contributed by atoms with Crippen molar-refractivity contribution in [1.29, 1.82) is 0 Å². The lowest BCUT2D eigenvalue weighted by Crippen LogP contribution is -2.07. The Hall–Kier alpha value is -1.46.